The summed E-state index contributed by atoms with van der Waals surface area (Å²) in [4.78, 5) is 4.70. The van der Waals surface area contributed by atoms with E-state index in [0.717, 1.165) is 48.0 Å². The van der Waals surface area contributed by atoms with Gasteiger partial charge in [-0.2, -0.15) is 0 Å². The molecular weight excluding hydrogens is 384 g/mol. The highest BCUT2D eigenvalue weighted by molar-refractivity contribution is 9.08. The van der Waals surface area contributed by atoms with E-state index in [2.05, 4.69) is 26.2 Å². The van der Waals surface area contributed by atoms with Gasteiger partial charge < -0.3 is 9.47 Å². The second-order valence-electron chi connectivity index (χ2n) is 6.65. The second kappa shape index (κ2) is 8.27. The highest BCUT2D eigenvalue weighted by Crippen LogP contribution is 2.30. The van der Waals surface area contributed by atoms with Crippen molar-refractivity contribution in [1.82, 2.24) is 20.0 Å². The number of aryl methyl sites for hydroxylation is 2. The molecule has 1 saturated carbocycles. The fourth-order valence-corrected chi connectivity index (χ4v) is 4.07. The van der Waals surface area contributed by atoms with Gasteiger partial charge >= 0.3 is 0 Å². The number of ether oxygens (including phenoxy) is 2. The molecule has 1 fully saturated rings. The first-order valence-corrected chi connectivity index (χ1v) is 9.82. The SMILES string of the molecule is COCC1CCC[C@H](Oc2ccc(-c3nnn(C)c3CBr)nc2C)C1. The van der Waals surface area contributed by atoms with Crippen LogP contribution < -0.4 is 4.74 Å². The van der Waals surface area contributed by atoms with E-state index in [9.17, 15) is 0 Å². The molecule has 1 aliphatic rings. The molecule has 3 rings (SSSR count). The minimum Gasteiger partial charge on any atom is -0.489 e. The molecular formula is C18H25BrN4O2. The van der Waals surface area contributed by atoms with Crippen molar-refractivity contribution in [1.29, 1.82) is 0 Å². The van der Waals surface area contributed by atoms with Gasteiger partial charge in [-0.25, -0.2) is 4.98 Å². The number of alkyl halides is 1. The Morgan fingerprint density at radius 1 is 1.32 bits per heavy atom. The second-order valence-corrected chi connectivity index (χ2v) is 7.21. The van der Waals surface area contributed by atoms with E-state index >= 15 is 0 Å². The molecule has 1 unspecified atom stereocenters. The van der Waals surface area contributed by atoms with E-state index in [1.807, 2.05) is 26.1 Å². The summed E-state index contributed by atoms with van der Waals surface area (Å²) in [5, 5.41) is 9.02. The van der Waals surface area contributed by atoms with Gasteiger partial charge in [0.05, 0.1) is 23.2 Å². The van der Waals surface area contributed by atoms with E-state index in [4.69, 9.17) is 14.5 Å². The minimum absolute atomic E-state index is 0.245. The first-order chi connectivity index (χ1) is 12.1. The van der Waals surface area contributed by atoms with Gasteiger partial charge in [-0.3, -0.25) is 4.68 Å². The van der Waals surface area contributed by atoms with E-state index in [1.165, 1.54) is 12.8 Å². The lowest BCUT2D eigenvalue weighted by Gasteiger charge is -2.29. The Morgan fingerprint density at radius 2 is 2.16 bits per heavy atom. The maximum atomic E-state index is 6.25. The van der Waals surface area contributed by atoms with Gasteiger partial charge in [0.15, 0.2) is 0 Å². The lowest BCUT2D eigenvalue weighted by atomic mass is 9.88. The summed E-state index contributed by atoms with van der Waals surface area (Å²) in [6.45, 7) is 2.80. The summed E-state index contributed by atoms with van der Waals surface area (Å²) in [6, 6.07) is 3.97. The Morgan fingerprint density at radius 3 is 2.88 bits per heavy atom. The van der Waals surface area contributed by atoms with Gasteiger partial charge in [-0.15, -0.1) is 5.10 Å². The Balaban J connectivity index is 1.74. The van der Waals surface area contributed by atoms with Crippen molar-refractivity contribution in [3.8, 4) is 17.1 Å². The molecule has 2 heterocycles. The number of pyridine rings is 1. The topological polar surface area (TPSA) is 62.1 Å². The third kappa shape index (κ3) is 4.20. The standard InChI is InChI=1S/C18H25BrN4O2/c1-12-17(25-14-6-4-5-13(9-14)11-24-3)8-7-15(20-12)18-16(10-19)23(2)22-21-18/h7-8,13-14H,4-6,9-11H2,1-3H3/t13?,14-/m0/s1. The largest absolute Gasteiger partial charge is 0.489 e. The average Bonchev–Trinajstić information content (AvgIpc) is 2.98. The highest BCUT2D eigenvalue weighted by Gasteiger charge is 2.24. The van der Waals surface area contributed by atoms with Crippen molar-refractivity contribution in [2.75, 3.05) is 13.7 Å². The molecule has 0 aromatic carbocycles. The van der Waals surface area contributed by atoms with Gasteiger partial charge in [0.25, 0.3) is 0 Å². The molecule has 0 aliphatic heterocycles. The quantitative estimate of drug-likeness (QED) is 0.682. The summed E-state index contributed by atoms with van der Waals surface area (Å²) in [6.07, 6.45) is 4.81. The average molecular weight is 409 g/mol. The molecule has 0 amide bonds. The smallest absolute Gasteiger partial charge is 0.140 e. The number of hydrogen-bond acceptors (Lipinski definition) is 5. The predicted octanol–water partition coefficient (Wildman–Crippen LogP) is 3.66. The first-order valence-electron chi connectivity index (χ1n) is 8.70. The monoisotopic (exact) mass is 408 g/mol. The molecule has 0 bridgehead atoms. The number of hydrogen-bond donors (Lipinski definition) is 0. The van der Waals surface area contributed by atoms with Crippen LogP contribution in [0.2, 0.25) is 0 Å². The molecule has 0 saturated heterocycles. The molecule has 136 valence electrons. The van der Waals surface area contributed by atoms with Crippen LogP contribution in [0, 0.1) is 12.8 Å². The summed E-state index contributed by atoms with van der Waals surface area (Å²) in [5.74, 6) is 1.45. The summed E-state index contributed by atoms with van der Waals surface area (Å²) in [7, 11) is 3.65. The first kappa shape index (κ1) is 18.3. The van der Waals surface area contributed by atoms with Crippen LogP contribution in [0.15, 0.2) is 12.1 Å². The fourth-order valence-electron chi connectivity index (χ4n) is 3.45. The highest BCUT2D eigenvalue weighted by atomic mass is 79.9. The molecule has 25 heavy (non-hydrogen) atoms. The fraction of sp³-hybridized carbons (Fsp3) is 0.611. The summed E-state index contributed by atoms with van der Waals surface area (Å²) in [5.41, 5.74) is 3.54. The van der Waals surface area contributed by atoms with Crippen molar-refractivity contribution in [3.63, 3.8) is 0 Å². The third-order valence-corrected chi connectivity index (χ3v) is 5.31. The van der Waals surface area contributed by atoms with E-state index in [0.29, 0.717) is 11.2 Å². The van der Waals surface area contributed by atoms with Crippen molar-refractivity contribution < 1.29 is 9.47 Å². The normalized spacial score (nSPS) is 20.6. The lowest BCUT2D eigenvalue weighted by molar-refractivity contribution is 0.0728. The van der Waals surface area contributed by atoms with E-state index in [1.54, 1.807) is 11.8 Å². The van der Waals surface area contributed by atoms with Gasteiger partial charge in [0.1, 0.15) is 11.4 Å². The molecule has 0 spiro atoms. The maximum absolute atomic E-state index is 6.25. The number of halogens is 1. The van der Waals surface area contributed by atoms with Crippen molar-refractivity contribution in [2.24, 2.45) is 13.0 Å². The summed E-state index contributed by atoms with van der Waals surface area (Å²) < 4.78 is 13.3. The molecule has 2 aromatic rings. The molecule has 6 nitrogen and oxygen atoms in total. The van der Waals surface area contributed by atoms with Crippen molar-refractivity contribution in [2.45, 2.75) is 44.0 Å². The molecule has 7 heteroatoms. The van der Waals surface area contributed by atoms with Crippen LogP contribution in [0.3, 0.4) is 0 Å². The van der Waals surface area contributed by atoms with E-state index in [-0.39, 0.29) is 6.10 Å². The van der Waals surface area contributed by atoms with Crippen molar-refractivity contribution in [3.05, 3.63) is 23.5 Å². The van der Waals surface area contributed by atoms with Gasteiger partial charge in [0, 0.05) is 26.1 Å². The van der Waals surface area contributed by atoms with Gasteiger partial charge in [-0.05, 0) is 50.7 Å². The minimum atomic E-state index is 0.245. The Kier molecular flexibility index (Phi) is 6.06. The lowest BCUT2D eigenvalue weighted by Crippen LogP contribution is -2.27. The number of rotatable bonds is 6. The predicted molar refractivity (Wildman–Crippen MR) is 99.9 cm³/mol. The van der Waals surface area contributed by atoms with Crippen LogP contribution in [0.25, 0.3) is 11.4 Å². The van der Waals surface area contributed by atoms with Crippen molar-refractivity contribution >= 4 is 15.9 Å². The van der Waals surface area contributed by atoms with Crippen LogP contribution in [-0.2, 0) is 17.1 Å². The molecule has 2 aromatic heterocycles. The zero-order valence-corrected chi connectivity index (χ0v) is 16.6. The number of methoxy groups -OCH3 is 1. The molecule has 1 aliphatic carbocycles. The number of nitrogens with zero attached hydrogens (tertiary/aromatic N) is 4. The Bertz CT molecular complexity index is 717. The zero-order chi connectivity index (χ0) is 17.8. The third-order valence-electron chi connectivity index (χ3n) is 4.78. The Labute approximate surface area is 157 Å². The van der Waals surface area contributed by atoms with E-state index < -0.39 is 0 Å². The Hall–Kier alpha value is -1.47. The van der Waals surface area contributed by atoms with Gasteiger partial charge in [-0.1, -0.05) is 21.1 Å². The molecule has 0 radical (unpaired) electrons. The van der Waals surface area contributed by atoms with Crippen LogP contribution in [0.5, 0.6) is 5.75 Å². The molecule has 0 N–H and O–H groups in total. The number of aromatic nitrogens is 4. The van der Waals surface area contributed by atoms with Crippen LogP contribution in [-0.4, -0.2) is 39.8 Å². The summed E-state index contributed by atoms with van der Waals surface area (Å²) >= 11 is 3.49. The zero-order valence-electron chi connectivity index (χ0n) is 15.0. The molecule has 2 atom stereocenters. The van der Waals surface area contributed by atoms with Crippen LogP contribution in [0.4, 0.5) is 0 Å². The van der Waals surface area contributed by atoms with Crippen LogP contribution in [0.1, 0.15) is 37.1 Å². The van der Waals surface area contributed by atoms with Crippen LogP contribution >= 0.6 is 15.9 Å². The van der Waals surface area contributed by atoms with Gasteiger partial charge in [0.2, 0.25) is 0 Å². The maximum Gasteiger partial charge on any atom is 0.140 e.